The molecule has 0 atom stereocenters. The minimum absolute atomic E-state index is 0.728. The van der Waals surface area contributed by atoms with Gasteiger partial charge in [-0.2, -0.15) is 0 Å². The number of benzene rings is 1. The summed E-state index contributed by atoms with van der Waals surface area (Å²) >= 11 is 0. The Labute approximate surface area is 92.6 Å². The van der Waals surface area contributed by atoms with Gasteiger partial charge in [-0.15, -0.1) is 0 Å². The molecule has 0 fully saturated rings. The van der Waals surface area contributed by atoms with Gasteiger partial charge in [0.2, 0.25) is 0 Å². The fourth-order valence-electron chi connectivity index (χ4n) is 1.73. The Balaban J connectivity index is 2.88. The van der Waals surface area contributed by atoms with Crippen molar-refractivity contribution in [3.05, 3.63) is 28.8 Å². The van der Waals surface area contributed by atoms with E-state index in [2.05, 4.69) is 38.2 Å². The van der Waals surface area contributed by atoms with Crippen molar-refractivity contribution in [2.45, 2.75) is 34.2 Å². The van der Waals surface area contributed by atoms with Gasteiger partial charge in [0.1, 0.15) is 5.75 Å². The van der Waals surface area contributed by atoms with Crippen LogP contribution in [0.3, 0.4) is 0 Å². The van der Waals surface area contributed by atoms with E-state index in [9.17, 15) is 0 Å². The van der Waals surface area contributed by atoms with E-state index in [1.165, 1.54) is 16.7 Å². The molecule has 0 amide bonds. The smallest absolute Gasteiger partial charge is 0.119 e. The molecule has 0 unspecified atom stereocenters. The third kappa shape index (κ3) is 3.24. The first-order valence-electron chi connectivity index (χ1n) is 5.62. The molecular weight excluding hydrogens is 186 g/mol. The van der Waals surface area contributed by atoms with Crippen LogP contribution >= 0.6 is 0 Å². The Morgan fingerprint density at radius 3 is 2.20 bits per heavy atom. The van der Waals surface area contributed by atoms with Crippen LogP contribution in [0.4, 0.5) is 0 Å². The molecule has 0 bridgehead atoms. The van der Waals surface area contributed by atoms with Gasteiger partial charge in [0, 0.05) is 6.54 Å². The first kappa shape index (κ1) is 12.1. The number of ether oxygens (including phenoxy) is 1. The van der Waals surface area contributed by atoms with E-state index in [4.69, 9.17) is 4.74 Å². The fraction of sp³-hybridized carbons (Fsp3) is 0.538. The van der Waals surface area contributed by atoms with E-state index in [0.29, 0.717) is 0 Å². The molecule has 2 heteroatoms. The van der Waals surface area contributed by atoms with Crippen LogP contribution in [0.5, 0.6) is 5.75 Å². The maximum Gasteiger partial charge on any atom is 0.119 e. The van der Waals surface area contributed by atoms with Crippen molar-refractivity contribution in [2.75, 3.05) is 13.2 Å². The van der Waals surface area contributed by atoms with E-state index in [1.807, 2.05) is 6.92 Å². The lowest BCUT2D eigenvalue weighted by atomic mass is 10.0. The summed E-state index contributed by atoms with van der Waals surface area (Å²) in [5.74, 6) is 0.979. The molecule has 84 valence electrons. The molecule has 0 aliphatic carbocycles. The van der Waals surface area contributed by atoms with Crippen molar-refractivity contribution in [3.8, 4) is 5.75 Å². The van der Waals surface area contributed by atoms with Gasteiger partial charge >= 0.3 is 0 Å². The highest BCUT2D eigenvalue weighted by Crippen LogP contribution is 2.21. The SMILES string of the molecule is CCNCc1c(C)cc(OCC)cc1C. The molecule has 1 rings (SSSR count). The maximum absolute atomic E-state index is 5.51. The topological polar surface area (TPSA) is 21.3 Å². The summed E-state index contributed by atoms with van der Waals surface area (Å²) in [6.45, 7) is 11.1. The molecule has 0 saturated heterocycles. The summed E-state index contributed by atoms with van der Waals surface area (Å²) in [7, 11) is 0. The molecule has 1 aromatic carbocycles. The van der Waals surface area contributed by atoms with Gasteiger partial charge in [-0.3, -0.25) is 0 Å². The molecule has 0 radical (unpaired) electrons. The van der Waals surface area contributed by atoms with Crippen LogP contribution in [-0.4, -0.2) is 13.2 Å². The molecule has 0 saturated carbocycles. The third-order valence-corrected chi connectivity index (χ3v) is 2.53. The van der Waals surface area contributed by atoms with Gasteiger partial charge in [-0.1, -0.05) is 6.92 Å². The fourth-order valence-corrected chi connectivity index (χ4v) is 1.73. The zero-order valence-electron chi connectivity index (χ0n) is 10.2. The Kier molecular flexibility index (Phi) is 4.63. The molecular formula is C13H21NO. The zero-order chi connectivity index (χ0) is 11.3. The van der Waals surface area contributed by atoms with Crippen molar-refractivity contribution >= 4 is 0 Å². The van der Waals surface area contributed by atoms with E-state index >= 15 is 0 Å². The van der Waals surface area contributed by atoms with Crippen LogP contribution in [0.15, 0.2) is 12.1 Å². The van der Waals surface area contributed by atoms with Crippen molar-refractivity contribution in [1.82, 2.24) is 5.32 Å². The molecule has 15 heavy (non-hydrogen) atoms. The average molecular weight is 207 g/mol. The summed E-state index contributed by atoms with van der Waals surface area (Å²) < 4.78 is 5.51. The number of hydrogen-bond acceptors (Lipinski definition) is 2. The molecule has 0 aromatic heterocycles. The number of nitrogens with one attached hydrogen (secondary N) is 1. The predicted molar refractivity (Wildman–Crippen MR) is 64.5 cm³/mol. The Morgan fingerprint density at radius 1 is 1.13 bits per heavy atom. The first-order valence-corrected chi connectivity index (χ1v) is 5.62. The third-order valence-electron chi connectivity index (χ3n) is 2.53. The van der Waals surface area contributed by atoms with Gasteiger partial charge in [-0.05, 0) is 56.1 Å². The second kappa shape index (κ2) is 5.76. The summed E-state index contributed by atoms with van der Waals surface area (Å²) in [6.07, 6.45) is 0. The van der Waals surface area contributed by atoms with Crippen molar-refractivity contribution in [1.29, 1.82) is 0 Å². The normalized spacial score (nSPS) is 10.4. The highest BCUT2D eigenvalue weighted by Gasteiger charge is 2.04. The summed E-state index contributed by atoms with van der Waals surface area (Å²) in [6, 6.07) is 4.23. The standard InChI is InChI=1S/C13H21NO/c1-5-14-9-13-10(3)7-12(15-6-2)8-11(13)4/h7-8,14H,5-6,9H2,1-4H3. The van der Waals surface area contributed by atoms with Crippen LogP contribution in [-0.2, 0) is 6.54 Å². The largest absolute Gasteiger partial charge is 0.494 e. The Morgan fingerprint density at radius 2 is 1.73 bits per heavy atom. The number of rotatable bonds is 5. The Hall–Kier alpha value is -1.02. The lowest BCUT2D eigenvalue weighted by Gasteiger charge is -2.13. The number of aryl methyl sites for hydroxylation is 2. The van der Waals surface area contributed by atoms with Gasteiger partial charge in [0.25, 0.3) is 0 Å². The predicted octanol–water partition coefficient (Wildman–Crippen LogP) is 2.81. The second-order valence-corrected chi connectivity index (χ2v) is 3.75. The highest BCUT2D eigenvalue weighted by molar-refractivity contribution is 5.41. The minimum Gasteiger partial charge on any atom is -0.494 e. The van der Waals surface area contributed by atoms with E-state index in [0.717, 1.165) is 25.4 Å². The van der Waals surface area contributed by atoms with Gasteiger partial charge in [0.05, 0.1) is 6.61 Å². The van der Waals surface area contributed by atoms with Crippen LogP contribution in [0.2, 0.25) is 0 Å². The first-order chi connectivity index (χ1) is 7.19. The van der Waals surface area contributed by atoms with E-state index < -0.39 is 0 Å². The second-order valence-electron chi connectivity index (χ2n) is 3.75. The molecule has 2 nitrogen and oxygen atoms in total. The lowest BCUT2D eigenvalue weighted by molar-refractivity contribution is 0.339. The lowest BCUT2D eigenvalue weighted by Crippen LogP contribution is -2.14. The summed E-state index contributed by atoms with van der Waals surface area (Å²) in [5, 5.41) is 3.36. The number of hydrogen-bond donors (Lipinski definition) is 1. The van der Waals surface area contributed by atoms with Crippen molar-refractivity contribution in [2.24, 2.45) is 0 Å². The van der Waals surface area contributed by atoms with Crippen LogP contribution in [0, 0.1) is 13.8 Å². The van der Waals surface area contributed by atoms with Crippen LogP contribution in [0.25, 0.3) is 0 Å². The summed E-state index contributed by atoms with van der Waals surface area (Å²) in [4.78, 5) is 0. The molecule has 0 aliphatic rings. The Bertz CT molecular complexity index is 297. The zero-order valence-corrected chi connectivity index (χ0v) is 10.2. The maximum atomic E-state index is 5.51. The van der Waals surface area contributed by atoms with Gasteiger partial charge < -0.3 is 10.1 Å². The van der Waals surface area contributed by atoms with Gasteiger partial charge in [-0.25, -0.2) is 0 Å². The molecule has 0 heterocycles. The average Bonchev–Trinajstić information content (AvgIpc) is 2.17. The van der Waals surface area contributed by atoms with Gasteiger partial charge in [0.15, 0.2) is 0 Å². The monoisotopic (exact) mass is 207 g/mol. The highest BCUT2D eigenvalue weighted by atomic mass is 16.5. The van der Waals surface area contributed by atoms with Crippen molar-refractivity contribution in [3.63, 3.8) is 0 Å². The molecule has 0 spiro atoms. The molecule has 1 N–H and O–H groups in total. The summed E-state index contributed by atoms with van der Waals surface area (Å²) in [5.41, 5.74) is 4.00. The molecule has 1 aromatic rings. The molecule has 0 aliphatic heterocycles. The van der Waals surface area contributed by atoms with E-state index in [-0.39, 0.29) is 0 Å². The van der Waals surface area contributed by atoms with Crippen molar-refractivity contribution < 1.29 is 4.74 Å². The van der Waals surface area contributed by atoms with E-state index in [1.54, 1.807) is 0 Å². The quantitative estimate of drug-likeness (QED) is 0.801. The van der Waals surface area contributed by atoms with Crippen LogP contribution < -0.4 is 10.1 Å². The minimum atomic E-state index is 0.728. The van der Waals surface area contributed by atoms with Crippen LogP contribution in [0.1, 0.15) is 30.5 Å².